The van der Waals surface area contributed by atoms with Crippen LogP contribution in [-0.2, 0) is 67.3 Å². The monoisotopic (exact) mass is 1010 g/mol. The number of hydrazone groups is 1. The van der Waals surface area contributed by atoms with Gasteiger partial charge in [-0.15, -0.1) is 0 Å². The molecule has 0 aromatic carbocycles. The van der Waals surface area contributed by atoms with Crippen molar-refractivity contribution in [1.29, 1.82) is 0 Å². The molecule has 74 heavy (non-hydrogen) atoms. The number of pyridine rings is 1. The second-order valence-corrected chi connectivity index (χ2v) is 16.9. The molecule has 0 fully saturated rings. The Labute approximate surface area is 420 Å². The number of nitrogens with zero attached hydrogens (tertiary/aromatic N) is 8. The summed E-state index contributed by atoms with van der Waals surface area (Å²) in [4.78, 5) is 143. The van der Waals surface area contributed by atoms with Gasteiger partial charge in [0, 0.05) is 122 Å². The summed E-state index contributed by atoms with van der Waals surface area (Å²) in [5, 5.41) is 17.7. The largest absolute Gasteiger partial charge is 0.348 e. The lowest BCUT2D eigenvalue weighted by Gasteiger charge is -2.27. The molecule has 0 radical (unpaired) electrons. The van der Waals surface area contributed by atoms with Crippen LogP contribution >= 0.6 is 0 Å². The highest BCUT2D eigenvalue weighted by Crippen LogP contribution is 2.10. The maximum absolute atomic E-state index is 14.6. The maximum atomic E-state index is 14.6. The third kappa shape index (κ3) is 15.7. The van der Waals surface area contributed by atoms with Gasteiger partial charge in [0.15, 0.2) is 0 Å². The van der Waals surface area contributed by atoms with Gasteiger partial charge in [-0.05, 0) is 26.0 Å². The molecule has 14 N–H and O–H groups in total. The van der Waals surface area contributed by atoms with E-state index >= 15 is 0 Å². The summed E-state index contributed by atoms with van der Waals surface area (Å²) in [6, 6.07) is -4.56. The summed E-state index contributed by atoms with van der Waals surface area (Å²) in [5.41, 5.74) is 11.9. The number of H-pyrrole nitrogens is 6. The minimum atomic E-state index is -1.41. The smallest absolute Gasteiger partial charge is 0.266 e. The highest BCUT2D eigenvalue weighted by molar-refractivity contribution is 5.97. The van der Waals surface area contributed by atoms with Gasteiger partial charge in [-0.25, -0.2) is 40.3 Å². The molecule has 0 saturated carbocycles. The van der Waals surface area contributed by atoms with Gasteiger partial charge in [0.05, 0.1) is 49.6 Å². The first-order valence-electron chi connectivity index (χ1n) is 23.0. The normalized spacial score (nSPS) is 13.4. The number of nitrogens with one attached hydrogen (secondary N) is 14. The van der Waals surface area contributed by atoms with Gasteiger partial charge in [-0.1, -0.05) is 0 Å². The lowest BCUT2D eigenvalue weighted by atomic mass is 10.0. The number of hydrazine groups is 1. The standard InChI is InChI=1S/C45H54N22O7/c1-25(2)64-66-39-4-3-26(11-52-39)40(69)67-65-38(10-32-17-51-24-58-32)45(74)63-37(9-31-16-50-23-57-31)44(73)62-36(8-30-15-49-22-56-30)43(72)61-35(7-29-14-48-21-55-29)42(71)60-34(6-28-13-47-20-54-28)41(70)59-33(18-68)5-27-12-46-19-53-27/h3-4,11-24,33-38,65H,5-10H2,1-2H3,(H,46,53)(H,47,54)(H,48,55)(H,49,56)(H,50,57)(H,51,58)(H,52,66)(H,59,70)(H,60,71)(H,61,72)(H,62,73)(H,63,74)(H,67,69)/t33-,34?,35-,36?,37-,38?/m0/s1. The van der Waals surface area contributed by atoms with E-state index in [4.69, 9.17) is 0 Å². The van der Waals surface area contributed by atoms with E-state index in [9.17, 15) is 33.6 Å². The molecule has 29 heteroatoms. The van der Waals surface area contributed by atoms with Crippen molar-refractivity contribution in [2.24, 2.45) is 5.10 Å². The first-order valence-corrected chi connectivity index (χ1v) is 23.0. The summed E-state index contributed by atoms with van der Waals surface area (Å²) < 4.78 is 0. The Kier molecular flexibility index (Phi) is 18.3. The molecule has 7 aromatic rings. The van der Waals surface area contributed by atoms with Gasteiger partial charge in [-0.3, -0.25) is 39.6 Å². The summed E-state index contributed by atoms with van der Waals surface area (Å²) in [7, 11) is 0. The molecule has 7 heterocycles. The first-order chi connectivity index (χ1) is 35.9. The van der Waals surface area contributed by atoms with Gasteiger partial charge in [0.2, 0.25) is 29.5 Å². The van der Waals surface area contributed by atoms with Gasteiger partial charge in [0.1, 0.15) is 42.3 Å². The molecule has 6 atom stereocenters. The third-order valence-electron chi connectivity index (χ3n) is 11.0. The minimum absolute atomic E-state index is 0.0299. The molecule has 0 aliphatic carbocycles. The van der Waals surface area contributed by atoms with Crippen molar-refractivity contribution in [1.82, 2.24) is 102 Å². The van der Waals surface area contributed by atoms with E-state index in [1.54, 1.807) is 19.9 Å². The molecular weight excluding hydrogens is 961 g/mol. The molecule has 0 spiro atoms. The quantitative estimate of drug-likeness (QED) is 0.0142. The molecule has 0 bridgehead atoms. The van der Waals surface area contributed by atoms with E-state index in [-0.39, 0.29) is 44.1 Å². The minimum Gasteiger partial charge on any atom is -0.348 e. The van der Waals surface area contributed by atoms with Crippen LogP contribution in [0, 0.1) is 0 Å². The van der Waals surface area contributed by atoms with Crippen LogP contribution in [0.2, 0.25) is 0 Å². The average molecular weight is 1020 g/mol. The molecule has 6 amide bonds. The van der Waals surface area contributed by atoms with Crippen molar-refractivity contribution in [3.63, 3.8) is 0 Å². The molecule has 3 unspecified atom stereocenters. The van der Waals surface area contributed by atoms with E-state index < -0.39 is 71.7 Å². The van der Waals surface area contributed by atoms with Gasteiger partial charge in [-0.2, -0.15) is 5.10 Å². The number of anilines is 1. The topological polar surface area (TPSA) is 413 Å². The Morgan fingerprint density at radius 2 is 0.838 bits per heavy atom. The summed E-state index contributed by atoms with van der Waals surface area (Å²) in [5.74, 6) is -4.10. The second-order valence-electron chi connectivity index (χ2n) is 16.9. The fourth-order valence-corrected chi connectivity index (χ4v) is 7.25. The zero-order valence-electron chi connectivity index (χ0n) is 39.9. The van der Waals surface area contributed by atoms with Gasteiger partial charge in [0.25, 0.3) is 5.91 Å². The van der Waals surface area contributed by atoms with Gasteiger partial charge >= 0.3 is 0 Å². The molecule has 386 valence electrons. The third-order valence-corrected chi connectivity index (χ3v) is 11.0. The van der Waals surface area contributed by atoms with Crippen LogP contribution in [0.4, 0.5) is 5.82 Å². The predicted molar refractivity (Wildman–Crippen MR) is 261 cm³/mol. The zero-order chi connectivity index (χ0) is 52.2. The average Bonchev–Trinajstić information content (AvgIpc) is 4.26. The fourth-order valence-electron chi connectivity index (χ4n) is 7.25. The van der Waals surface area contributed by atoms with Crippen LogP contribution in [0.25, 0.3) is 0 Å². The number of aldehydes is 1. The van der Waals surface area contributed by atoms with E-state index in [0.717, 1.165) is 5.71 Å². The molecule has 7 aromatic heterocycles. The van der Waals surface area contributed by atoms with E-state index in [1.165, 1.54) is 87.4 Å². The number of carbonyl (C=O) groups excluding carboxylic acids is 7. The van der Waals surface area contributed by atoms with Crippen molar-refractivity contribution >= 4 is 53.3 Å². The SMILES string of the molecule is CC(C)=NNc1ccc(C(=O)NNC(Cc2cnc[nH]2)C(=O)N[C@@H](Cc2cnc[nH]2)C(=O)NC(Cc2cnc[nH]2)C(=O)N[C@@H](Cc2cnc[nH]2)C(=O)NC(Cc2cnc[nH]2)C(=O)N[C@H](C=O)Cc2cnc[nH]2)cn1. The van der Waals surface area contributed by atoms with Crippen molar-refractivity contribution in [3.05, 3.63) is 133 Å². The lowest BCUT2D eigenvalue weighted by Crippen LogP contribution is -2.61. The van der Waals surface area contributed by atoms with Crippen LogP contribution < -0.4 is 42.9 Å². The van der Waals surface area contributed by atoms with Crippen molar-refractivity contribution in [3.8, 4) is 0 Å². The molecule has 29 nitrogen and oxygen atoms in total. The lowest BCUT2D eigenvalue weighted by molar-refractivity contribution is -0.135. The number of hydrogen-bond donors (Lipinski definition) is 14. The van der Waals surface area contributed by atoms with Crippen molar-refractivity contribution in [2.75, 3.05) is 5.43 Å². The van der Waals surface area contributed by atoms with E-state index in [0.29, 0.717) is 46.3 Å². The summed E-state index contributed by atoms with van der Waals surface area (Å²) in [6.07, 6.45) is 18.7. The van der Waals surface area contributed by atoms with E-state index in [1.807, 2.05) is 0 Å². The summed E-state index contributed by atoms with van der Waals surface area (Å²) >= 11 is 0. The van der Waals surface area contributed by atoms with Crippen molar-refractivity contribution < 1.29 is 33.6 Å². The number of imidazole rings is 6. The number of amides is 6. The number of aromatic nitrogens is 13. The van der Waals surface area contributed by atoms with Gasteiger partial charge < -0.3 is 61.3 Å². The maximum Gasteiger partial charge on any atom is 0.266 e. The van der Waals surface area contributed by atoms with Crippen LogP contribution in [0.1, 0.15) is 58.4 Å². The molecule has 7 rings (SSSR count). The Hall–Kier alpha value is -9.67. The Balaban J connectivity index is 1.09. The Morgan fingerprint density at radius 1 is 0.486 bits per heavy atom. The second kappa shape index (κ2) is 26.0. The molecule has 0 saturated heterocycles. The summed E-state index contributed by atoms with van der Waals surface area (Å²) in [6.45, 7) is 3.61. The van der Waals surface area contributed by atoms with Crippen LogP contribution in [0.3, 0.4) is 0 Å². The van der Waals surface area contributed by atoms with Crippen LogP contribution in [-0.4, -0.2) is 148 Å². The highest BCUT2D eigenvalue weighted by atomic mass is 16.2. The van der Waals surface area contributed by atoms with Crippen LogP contribution in [0.15, 0.2) is 98.6 Å². The predicted octanol–water partition coefficient (Wildman–Crippen LogP) is -2.09. The van der Waals surface area contributed by atoms with Crippen LogP contribution in [0.5, 0.6) is 0 Å². The fraction of sp³-hybridized carbons (Fsp3) is 0.311. The number of carbonyl (C=O) groups is 7. The molecular formula is C45H54N22O7. The first kappa shape index (κ1) is 52.2. The Bertz CT molecular complexity index is 2880. The van der Waals surface area contributed by atoms with E-state index in [2.05, 4.69) is 113 Å². The Morgan fingerprint density at radius 3 is 1.16 bits per heavy atom. The molecule has 0 aliphatic heterocycles. The number of aromatic amines is 6. The number of hydrogen-bond acceptors (Lipinski definition) is 17. The highest BCUT2D eigenvalue weighted by Gasteiger charge is 2.34. The van der Waals surface area contributed by atoms with Crippen molar-refractivity contribution in [2.45, 2.75) is 88.6 Å². The molecule has 0 aliphatic rings. The zero-order valence-corrected chi connectivity index (χ0v) is 39.9. The number of rotatable bonds is 28.